The molecule has 0 aromatic rings. The van der Waals surface area contributed by atoms with Gasteiger partial charge in [-0.2, -0.15) is 0 Å². The monoisotopic (exact) mass is 262 g/mol. The molecule has 0 aromatic carbocycles. The molecule has 4 aliphatic carbocycles. The van der Waals surface area contributed by atoms with Crippen LogP contribution in [0.2, 0.25) is 0 Å². The first-order valence-corrected chi connectivity index (χ1v) is 8.84. The Morgan fingerprint density at radius 2 is 1.42 bits per heavy atom. The van der Waals surface area contributed by atoms with E-state index in [4.69, 9.17) is 0 Å². The number of fused-ring (bicyclic) bond motifs is 5. The highest BCUT2D eigenvalue weighted by molar-refractivity contribution is 5.03. The van der Waals surface area contributed by atoms with Gasteiger partial charge in [-0.25, -0.2) is 0 Å². The van der Waals surface area contributed by atoms with Crippen molar-refractivity contribution in [2.75, 3.05) is 0 Å². The number of hydrogen-bond donors (Lipinski definition) is 0. The maximum atomic E-state index is 2.67. The largest absolute Gasteiger partial charge is 0.0622 e. The first-order valence-electron chi connectivity index (χ1n) is 8.84. The lowest BCUT2D eigenvalue weighted by Gasteiger charge is -2.49. The van der Waals surface area contributed by atoms with Gasteiger partial charge in [-0.05, 0) is 78.9 Å². The normalized spacial score (nSPS) is 53.2. The van der Waals surface area contributed by atoms with Crippen molar-refractivity contribution in [2.45, 2.75) is 79.6 Å². The summed E-state index contributed by atoms with van der Waals surface area (Å²) in [5.74, 6) is 4.93. The minimum Gasteiger partial charge on any atom is -0.0622 e. The lowest BCUT2D eigenvalue weighted by Crippen LogP contribution is -2.41. The van der Waals surface area contributed by atoms with Gasteiger partial charge in [0.25, 0.3) is 0 Å². The van der Waals surface area contributed by atoms with Crippen LogP contribution >= 0.6 is 0 Å². The van der Waals surface area contributed by atoms with Crippen molar-refractivity contribution in [2.24, 2.45) is 40.4 Å². The van der Waals surface area contributed by atoms with Crippen LogP contribution in [0.15, 0.2) is 0 Å². The van der Waals surface area contributed by atoms with E-state index < -0.39 is 0 Å². The molecule has 0 radical (unpaired) electrons. The minimum atomic E-state index is 0.546. The lowest BCUT2D eigenvalue weighted by molar-refractivity contribution is 0.00405. The summed E-state index contributed by atoms with van der Waals surface area (Å²) >= 11 is 0. The summed E-state index contributed by atoms with van der Waals surface area (Å²) in [6.07, 6.45) is 10.6. The summed E-state index contributed by atoms with van der Waals surface area (Å²) in [6.45, 7) is 12.9. The molecule has 0 N–H and O–H groups in total. The van der Waals surface area contributed by atoms with E-state index in [-0.39, 0.29) is 0 Å². The van der Waals surface area contributed by atoms with Crippen LogP contribution in [-0.2, 0) is 0 Å². The van der Waals surface area contributed by atoms with Crippen molar-refractivity contribution in [3.05, 3.63) is 0 Å². The van der Waals surface area contributed by atoms with Crippen molar-refractivity contribution in [1.82, 2.24) is 0 Å². The Kier molecular flexibility index (Phi) is 3.31. The molecule has 19 heavy (non-hydrogen) atoms. The van der Waals surface area contributed by atoms with E-state index in [2.05, 4.69) is 34.6 Å². The molecule has 4 bridgehead atoms. The van der Waals surface area contributed by atoms with Gasteiger partial charge in [0, 0.05) is 0 Å². The lowest BCUT2D eigenvalue weighted by atomic mass is 9.56. The Hall–Kier alpha value is 0. The third-order valence-corrected chi connectivity index (χ3v) is 7.95. The predicted octanol–water partition coefficient (Wildman–Crippen LogP) is 5.91. The molecule has 110 valence electrons. The van der Waals surface area contributed by atoms with Crippen molar-refractivity contribution in [3.8, 4) is 0 Å². The van der Waals surface area contributed by atoms with Crippen LogP contribution < -0.4 is 0 Å². The Balaban J connectivity index is 2.04. The molecule has 0 saturated heterocycles. The molecule has 0 nitrogen and oxygen atoms in total. The molecular weight excluding hydrogens is 228 g/mol. The SMILES string of the molecule is CC1CCC2CCC3CCC1C3(C)CC(C)(C)C2C. The molecule has 0 heterocycles. The maximum absolute atomic E-state index is 2.67. The van der Waals surface area contributed by atoms with E-state index in [1.165, 1.54) is 44.9 Å². The molecule has 4 fully saturated rings. The summed E-state index contributed by atoms with van der Waals surface area (Å²) in [5.41, 5.74) is 1.19. The second kappa shape index (κ2) is 4.50. The third kappa shape index (κ3) is 2.09. The number of hydrogen-bond acceptors (Lipinski definition) is 0. The van der Waals surface area contributed by atoms with E-state index in [0.29, 0.717) is 10.8 Å². The zero-order chi connectivity index (χ0) is 13.8. The molecule has 4 aliphatic rings. The fraction of sp³-hybridized carbons (Fsp3) is 1.00. The molecule has 4 rings (SSSR count). The highest BCUT2D eigenvalue weighted by Gasteiger charge is 2.53. The van der Waals surface area contributed by atoms with Crippen LogP contribution in [0.25, 0.3) is 0 Å². The topological polar surface area (TPSA) is 0 Å². The highest BCUT2D eigenvalue weighted by Crippen LogP contribution is 2.62. The first-order chi connectivity index (χ1) is 8.84. The Morgan fingerprint density at radius 3 is 2.16 bits per heavy atom. The van der Waals surface area contributed by atoms with Crippen LogP contribution in [0.3, 0.4) is 0 Å². The average Bonchev–Trinajstić information content (AvgIpc) is 2.65. The smallest absolute Gasteiger partial charge is 0.0262 e. The van der Waals surface area contributed by atoms with Gasteiger partial charge >= 0.3 is 0 Å². The van der Waals surface area contributed by atoms with Gasteiger partial charge in [-0.15, -0.1) is 0 Å². The van der Waals surface area contributed by atoms with Gasteiger partial charge in [-0.1, -0.05) is 41.0 Å². The molecule has 0 amide bonds. The summed E-state index contributed by atoms with van der Waals surface area (Å²) in [6, 6.07) is 0. The summed E-state index contributed by atoms with van der Waals surface area (Å²) in [5, 5.41) is 0. The fourth-order valence-corrected chi connectivity index (χ4v) is 6.55. The summed E-state index contributed by atoms with van der Waals surface area (Å²) < 4.78 is 0. The second-order valence-corrected chi connectivity index (χ2v) is 9.23. The highest BCUT2D eigenvalue weighted by atomic mass is 14.6. The van der Waals surface area contributed by atoms with Crippen molar-refractivity contribution >= 4 is 0 Å². The molecule has 6 unspecified atom stereocenters. The number of rotatable bonds is 0. The van der Waals surface area contributed by atoms with Crippen LogP contribution in [-0.4, -0.2) is 0 Å². The standard InChI is InChI=1S/C19H34/c1-13-6-7-15-8-9-16-10-11-17(13)19(16,5)12-18(3,4)14(15)2/h13-17H,6-12H2,1-5H3. The van der Waals surface area contributed by atoms with Crippen molar-refractivity contribution in [3.63, 3.8) is 0 Å². The minimum absolute atomic E-state index is 0.546. The second-order valence-electron chi connectivity index (χ2n) is 9.23. The zero-order valence-corrected chi connectivity index (χ0v) is 13.8. The Labute approximate surface area is 120 Å². The maximum Gasteiger partial charge on any atom is -0.0262 e. The predicted molar refractivity (Wildman–Crippen MR) is 83.0 cm³/mol. The summed E-state index contributed by atoms with van der Waals surface area (Å²) in [7, 11) is 0. The summed E-state index contributed by atoms with van der Waals surface area (Å²) in [4.78, 5) is 0. The Morgan fingerprint density at radius 1 is 0.789 bits per heavy atom. The molecule has 0 aromatic heterocycles. The van der Waals surface area contributed by atoms with Gasteiger partial charge in [0.15, 0.2) is 0 Å². The van der Waals surface area contributed by atoms with Gasteiger partial charge in [0.1, 0.15) is 0 Å². The molecule has 0 spiro atoms. The van der Waals surface area contributed by atoms with E-state index >= 15 is 0 Å². The average molecular weight is 262 g/mol. The van der Waals surface area contributed by atoms with Crippen LogP contribution in [0, 0.1) is 40.4 Å². The molecule has 4 saturated carbocycles. The van der Waals surface area contributed by atoms with Gasteiger partial charge in [0.05, 0.1) is 0 Å². The molecule has 0 aliphatic heterocycles. The van der Waals surface area contributed by atoms with Crippen LogP contribution in [0.1, 0.15) is 79.6 Å². The van der Waals surface area contributed by atoms with Crippen molar-refractivity contribution < 1.29 is 0 Å². The molecular formula is C19H34. The quantitative estimate of drug-likeness (QED) is 0.509. The molecule has 6 atom stereocenters. The van der Waals surface area contributed by atoms with Crippen molar-refractivity contribution in [1.29, 1.82) is 0 Å². The van der Waals surface area contributed by atoms with E-state index in [1.54, 1.807) is 0 Å². The van der Waals surface area contributed by atoms with Gasteiger partial charge in [-0.3, -0.25) is 0 Å². The first kappa shape index (κ1) is 14.0. The third-order valence-electron chi connectivity index (χ3n) is 7.95. The Bertz CT molecular complexity index is 342. The van der Waals surface area contributed by atoms with E-state index in [1.807, 2.05) is 0 Å². The van der Waals surface area contributed by atoms with Crippen LogP contribution in [0.5, 0.6) is 0 Å². The van der Waals surface area contributed by atoms with Gasteiger partial charge in [0.2, 0.25) is 0 Å². The molecule has 0 heteroatoms. The van der Waals surface area contributed by atoms with Gasteiger partial charge < -0.3 is 0 Å². The fourth-order valence-electron chi connectivity index (χ4n) is 6.55. The van der Waals surface area contributed by atoms with Crippen LogP contribution in [0.4, 0.5) is 0 Å². The van der Waals surface area contributed by atoms with E-state index in [9.17, 15) is 0 Å². The van der Waals surface area contributed by atoms with E-state index in [0.717, 1.165) is 29.6 Å². The zero-order valence-electron chi connectivity index (χ0n) is 13.8.